The summed E-state index contributed by atoms with van der Waals surface area (Å²) in [6.07, 6.45) is 7.93. The Hall–Kier alpha value is -4.99. The third-order valence-electron chi connectivity index (χ3n) is 7.24. The number of rotatable bonds is 13. The Morgan fingerprint density at radius 1 is 0.957 bits per heavy atom. The van der Waals surface area contributed by atoms with Gasteiger partial charge in [-0.3, -0.25) is 9.59 Å². The number of hydrogen-bond donors (Lipinski definition) is 2. The Morgan fingerprint density at radius 3 is 2.28 bits per heavy atom. The van der Waals surface area contributed by atoms with E-state index in [1.807, 2.05) is 54.6 Å². The second-order valence-electron chi connectivity index (χ2n) is 12.4. The molecule has 0 fully saturated rings. The van der Waals surface area contributed by atoms with Crippen molar-refractivity contribution in [1.82, 2.24) is 10.6 Å². The highest BCUT2D eigenvalue weighted by Gasteiger charge is 2.22. The quantitative estimate of drug-likeness (QED) is 0.118. The summed E-state index contributed by atoms with van der Waals surface area (Å²) in [6, 6.07) is 24.1. The number of furan rings is 1. The normalized spacial score (nSPS) is 12.8. The highest BCUT2D eigenvalue weighted by molar-refractivity contribution is 7.85. The van der Waals surface area contributed by atoms with E-state index in [-0.39, 0.29) is 17.9 Å². The number of carbonyl (C=O) groups is 2. The Morgan fingerprint density at radius 2 is 1.64 bits per heavy atom. The van der Waals surface area contributed by atoms with E-state index in [0.29, 0.717) is 29.0 Å². The monoisotopic (exact) mass is 651 g/mol. The van der Waals surface area contributed by atoms with Gasteiger partial charge in [0.25, 0.3) is 5.91 Å². The zero-order chi connectivity index (χ0) is 34.2. The third-order valence-corrected chi connectivity index (χ3v) is 7.94. The summed E-state index contributed by atoms with van der Waals surface area (Å²) in [5, 5.41) is 6.31. The van der Waals surface area contributed by atoms with E-state index >= 15 is 0 Å². The first-order valence-corrected chi connectivity index (χ1v) is 16.7. The van der Waals surface area contributed by atoms with E-state index < -0.39 is 27.7 Å². The van der Waals surface area contributed by atoms with Gasteiger partial charge in [-0.15, -0.1) is 0 Å². The molecule has 2 N–H and O–H groups in total. The van der Waals surface area contributed by atoms with Crippen molar-refractivity contribution in [3.8, 4) is 0 Å². The first-order valence-electron chi connectivity index (χ1n) is 15.1. The lowest BCUT2D eigenvalue weighted by Gasteiger charge is -2.18. The van der Waals surface area contributed by atoms with Gasteiger partial charge < -0.3 is 19.6 Å². The molecule has 244 valence electrons. The van der Waals surface area contributed by atoms with Crippen molar-refractivity contribution in [3.63, 3.8) is 0 Å². The Labute approximate surface area is 276 Å². The molecule has 4 rings (SSSR count). The molecule has 0 aliphatic rings. The van der Waals surface area contributed by atoms with Gasteiger partial charge in [-0.05, 0) is 64.9 Å². The van der Waals surface area contributed by atoms with Gasteiger partial charge >= 0.3 is 0 Å². The molecule has 0 spiro atoms. The third kappa shape index (κ3) is 10.8. The lowest BCUT2D eigenvalue weighted by atomic mass is 9.89. The molecule has 9 heteroatoms. The molecule has 8 nitrogen and oxygen atoms in total. The van der Waals surface area contributed by atoms with Crippen molar-refractivity contribution in [3.05, 3.63) is 144 Å². The van der Waals surface area contributed by atoms with E-state index in [9.17, 15) is 22.6 Å². The number of fused-ring (bicyclic) bond motifs is 1. The van der Waals surface area contributed by atoms with Crippen LogP contribution < -0.4 is 10.6 Å². The maximum absolute atomic E-state index is 13.7. The fourth-order valence-electron chi connectivity index (χ4n) is 4.68. The molecule has 1 aromatic heterocycles. The van der Waals surface area contributed by atoms with Crippen LogP contribution >= 0.6 is 0 Å². The summed E-state index contributed by atoms with van der Waals surface area (Å²) in [6.45, 7) is 14.2. The molecular weight excluding hydrogens is 612 g/mol. The number of benzene rings is 3. The van der Waals surface area contributed by atoms with E-state index in [1.54, 1.807) is 36.4 Å². The van der Waals surface area contributed by atoms with Crippen LogP contribution in [0.15, 0.2) is 120 Å². The number of hydrogen-bond acceptors (Lipinski definition) is 6. The van der Waals surface area contributed by atoms with Crippen LogP contribution in [0.3, 0.4) is 0 Å². The van der Waals surface area contributed by atoms with E-state index in [2.05, 4.69) is 56.7 Å². The standard InChI is InChI=1S/C38H40N2O6S/c1-26(35-25-32-8-6-7-9-34(32)46-35)10-11-27(2)40-37(42)33(30-16-12-28(13-17-30)20-21-38(3,4)5)24-29-14-18-31(19-15-29)36(41)39-22-23-47(43,44)45/h6-21,25,33H,1-2,22-24H2,3-5H3,(H,39,41)(H,40,42)(H,43,44,45)/p-1/b11-10-,21-20+. The maximum Gasteiger partial charge on any atom is 0.251 e. The minimum Gasteiger partial charge on any atom is -0.748 e. The predicted molar refractivity (Wildman–Crippen MR) is 186 cm³/mol. The van der Waals surface area contributed by atoms with Gasteiger partial charge in [0, 0.05) is 28.8 Å². The molecule has 4 aromatic rings. The van der Waals surface area contributed by atoms with Crippen LogP contribution in [0.25, 0.3) is 22.6 Å². The van der Waals surface area contributed by atoms with Crippen LogP contribution in [0, 0.1) is 5.41 Å². The van der Waals surface area contributed by atoms with Crippen LogP contribution in [0.5, 0.6) is 0 Å². The molecular formula is C38H39N2O6S-. The summed E-state index contributed by atoms with van der Waals surface area (Å²) in [5.74, 6) is -1.41. The van der Waals surface area contributed by atoms with Gasteiger partial charge in [-0.2, -0.15) is 0 Å². The summed E-state index contributed by atoms with van der Waals surface area (Å²) < 4.78 is 38.3. The number of para-hydroxylation sites is 1. The minimum absolute atomic E-state index is 0.0293. The summed E-state index contributed by atoms with van der Waals surface area (Å²) in [5.41, 5.74) is 4.73. The van der Waals surface area contributed by atoms with Gasteiger partial charge in [-0.1, -0.05) is 101 Å². The molecule has 1 atom stereocenters. The van der Waals surface area contributed by atoms with Crippen molar-refractivity contribution in [2.75, 3.05) is 12.3 Å². The van der Waals surface area contributed by atoms with Crippen molar-refractivity contribution >= 4 is 44.6 Å². The largest absolute Gasteiger partial charge is 0.748 e. The van der Waals surface area contributed by atoms with E-state index in [1.165, 1.54) is 0 Å². The van der Waals surface area contributed by atoms with Crippen molar-refractivity contribution in [1.29, 1.82) is 0 Å². The fourth-order valence-corrected chi connectivity index (χ4v) is 5.03. The molecule has 3 aromatic carbocycles. The summed E-state index contributed by atoms with van der Waals surface area (Å²) >= 11 is 0. The second kappa shape index (κ2) is 15.1. The van der Waals surface area contributed by atoms with Gasteiger partial charge in [0.1, 0.15) is 11.3 Å². The molecule has 47 heavy (non-hydrogen) atoms. The lowest BCUT2D eigenvalue weighted by Crippen LogP contribution is -2.29. The van der Waals surface area contributed by atoms with E-state index in [4.69, 9.17) is 4.42 Å². The summed E-state index contributed by atoms with van der Waals surface area (Å²) in [7, 11) is -4.43. The van der Waals surface area contributed by atoms with Crippen LogP contribution in [-0.4, -0.2) is 37.1 Å². The number of amides is 2. The number of carbonyl (C=O) groups excluding carboxylic acids is 2. The molecule has 0 saturated heterocycles. The predicted octanol–water partition coefficient (Wildman–Crippen LogP) is 6.99. The zero-order valence-corrected chi connectivity index (χ0v) is 27.6. The minimum atomic E-state index is -4.43. The highest BCUT2D eigenvalue weighted by atomic mass is 32.2. The molecule has 0 aliphatic heterocycles. The smallest absolute Gasteiger partial charge is 0.251 e. The zero-order valence-electron chi connectivity index (χ0n) is 26.8. The van der Waals surface area contributed by atoms with Crippen LogP contribution in [0.2, 0.25) is 0 Å². The first kappa shape index (κ1) is 34.9. The lowest BCUT2D eigenvalue weighted by molar-refractivity contribution is -0.121. The van der Waals surface area contributed by atoms with Crippen molar-refractivity contribution < 1.29 is 27.0 Å². The molecule has 2 amide bonds. The number of nitrogens with one attached hydrogen (secondary N) is 2. The summed E-state index contributed by atoms with van der Waals surface area (Å²) in [4.78, 5) is 26.1. The Balaban J connectivity index is 1.49. The average Bonchev–Trinajstić information content (AvgIpc) is 3.46. The molecule has 0 saturated carbocycles. The average molecular weight is 652 g/mol. The topological polar surface area (TPSA) is 129 Å². The molecule has 1 heterocycles. The molecule has 0 radical (unpaired) electrons. The number of allylic oxidation sites excluding steroid dienone is 4. The van der Waals surface area contributed by atoms with Crippen LogP contribution in [-0.2, 0) is 21.3 Å². The fraction of sp³-hybridized carbons (Fsp3) is 0.211. The molecule has 0 aliphatic carbocycles. The van der Waals surface area contributed by atoms with E-state index in [0.717, 1.165) is 27.7 Å². The molecule has 1 unspecified atom stereocenters. The van der Waals surface area contributed by atoms with Crippen molar-refractivity contribution in [2.24, 2.45) is 5.41 Å². The van der Waals surface area contributed by atoms with Crippen LogP contribution in [0.1, 0.15) is 59.5 Å². The SMILES string of the molecule is C=C(/C=C\C(=C)c1cc2ccccc2o1)NC(=O)C(Cc1ccc(C(=O)NCCS(=O)(=O)[O-])cc1)c1ccc(/C=C/C(C)(C)C)cc1. The van der Waals surface area contributed by atoms with Gasteiger partial charge in [0.15, 0.2) is 0 Å². The first-order chi connectivity index (χ1) is 22.2. The second-order valence-corrected chi connectivity index (χ2v) is 13.9. The van der Waals surface area contributed by atoms with Crippen LogP contribution in [0.4, 0.5) is 0 Å². The van der Waals surface area contributed by atoms with Crippen molar-refractivity contribution in [2.45, 2.75) is 33.1 Å². The maximum atomic E-state index is 13.7. The van der Waals surface area contributed by atoms with Gasteiger partial charge in [0.05, 0.1) is 21.8 Å². The highest BCUT2D eigenvalue weighted by Crippen LogP contribution is 2.26. The Kier molecular flexibility index (Phi) is 11.2. The molecule has 0 bridgehead atoms. The Bertz CT molecular complexity index is 1890. The van der Waals surface area contributed by atoms with Gasteiger partial charge in [0.2, 0.25) is 5.91 Å². The van der Waals surface area contributed by atoms with Gasteiger partial charge in [-0.25, -0.2) is 8.42 Å².